The average Bonchev–Trinajstić information content (AvgIpc) is 2.83. The lowest BCUT2D eigenvalue weighted by Gasteiger charge is -2.06. The Kier molecular flexibility index (Phi) is 5.72. The molecule has 0 amide bonds. The Balaban J connectivity index is 1.93. The van der Waals surface area contributed by atoms with E-state index in [0.717, 1.165) is 32.2 Å². The van der Waals surface area contributed by atoms with Crippen LogP contribution in [-0.2, 0) is 6.54 Å². The van der Waals surface area contributed by atoms with Gasteiger partial charge in [-0.3, -0.25) is 0 Å². The molecule has 0 spiro atoms. The Morgan fingerprint density at radius 3 is 2.63 bits per heavy atom. The van der Waals surface area contributed by atoms with Crippen LogP contribution in [0, 0.1) is 13.8 Å². The van der Waals surface area contributed by atoms with Crippen LogP contribution in [0.2, 0.25) is 0 Å². The monoisotopic (exact) mass is 442 g/mol. The quantitative estimate of drug-likeness (QED) is 0.279. The molecule has 2 aromatic carbocycles. The Morgan fingerprint density at radius 1 is 1.26 bits per heavy atom. The number of aryl methyl sites for hydroxylation is 2. The number of halogens is 1. The van der Waals surface area contributed by atoms with Crippen molar-refractivity contribution in [2.75, 3.05) is 5.32 Å². The van der Waals surface area contributed by atoms with Crippen LogP contribution in [0.3, 0.4) is 0 Å². The molecule has 0 atom stereocenters. The first-order chi connectivity index (χ1) is 12.9. The SMILES string of the molecule is C=CCn1c(O)c(N=NC(=S)Nc2cc(C)cc(C)c2)c2cc(Br)ccc21. The number of rotatable bonds is 4. The van der Waals surface area contributed by atoms with Crippen molar-refractivity contribution in [3.63, 3.8) is 0 Å². The van der Waals surface area contributed by atoms with E-state index in [0.29, 0.717) is 12.2 Å². The molecule has 3 aromatic rings. The fourth-order valence-corrected chi connectivity index (χ4v) is 3.52. The third-order valence-corrected chi connectivity index (χ3v) is 4.67. The summed E-state index contributed by atoms with van der Waals surface area (Å²) in [7, 11) is 0. The highest BCUT2D eigenvalue weighted by Gasteiger charge is 2.16. The van der Waals surface area contributed by atoms with Gasteiger partial charge in [-0.2, -0.15) is 0 Å². The molecule has 0 aliphatic rings. The van der Waals surface area contributed by atoms with Gasteiger partial charge in [0.1, 0.15) is 0 Å². The van der Waals surface area contributed by atoms with Crippen molar-refractivity contribution in [1.82, 2.24) is 4.57 Å². The lowest BCUT2D eigenvalue weighted by atomic mass is 10.1. The molecule has 2 N–H and O–H groups in total. The summed E-state index contributed by atoms with van der Waals surface area (Å²) in [6, 6.07) is 11.8. The Bertz CT molecular complexity index is 1050. The van der Waals surface area contributed by atoms with Crippen LogP contribution in [0.15, 0.2) is 63.8 Å². The second-order valence-corrected chi connectivity index (χ2v) is 7.54. The zero-order valence-electron chi connectivity index (χ0n) is 15.0. The Morgan fingerprint density at radius 2 is 1.96 bits per heavy atom. The predicted octanol–water partition coefficient (Wildman–Crippen LogP) is 6.39. The van der Waals surface area contributed by atoms with Gasteiger partial charge in [0.15, 0.2) is 5.69 Å². The third kappa shape index (κ3) is 4.26. The maximum atomic E-state index is 10.6. The van der Waals surface area contributed by atoms with Crippen molar-refractivity contribution < 1.29 is 5.11 Å². The van der Waals surface area contributed by atoms with Crippen molar-refractivity contribution in [3.05, 3.63) is 64.7 Å². The van der Waals surface area contributed by atoms with E-state index in [4.69, 9.17) is 12.2 Å². The van der Waals surface area contributed by atoms with Crippen LogP contribution in [-0.4, -0.2) is 14.8 Å². The van der Waals surface area contributed by atoms with Crippen molar-refractivity contribution >= 4 is 55.5 Å². The number of aromatic hydroxyl groups is 1. The molecule has 7 heteroatoms. The number of nitrogens with one attached hydrogen (secondary N) is 1. The van der Waals surface area contributed by atoms with E-state index in [-0.39, 0.29) is 11.0 Å². The molecule has 0 unspecified atom stereocenters. The van der Waals surface area contributed by atoms with E-state index in [2.05, 4.69) is 44.1 Å². The topological polar surface area (TPSA) is 61.9 Å². The lowest BCUT2D eigenvalue weighted by Crippen LogP contribution is -2.05. The first-order valence-corrected chi connectivity index (χ1v) is 9.52. The number of allylic oxidation sites excluding steroid dienone is 1. The summed E-state index contributed by atoms with van der Waals surface area (Å²) in [5, 5.41) is 23.0. The molecule has 5 nitrogen and oxygen atoms in total. The van der Waals surface area contributed by atoms with E-state index in [9.17, 15) is 5.11 Å². The molecule has 3 rings (SSSR count). The van der Waals surface area contributed by atoms with Crippen molar-refractivity contribution in [2.24, 2.45) is 10.2 Å². The number of hydrogen-bond acceptors (Lipinski definition) is 3. The summed E-state index contributed by atoms with van der Waals surface area (Å²) < 4.78 is 2.61. The highest BCUT2D eigenvalue weighted by atomic mass is 79.9. The van der Waals surface area contributed by atoms with Crippen LogP contribution in [0.1, 0.15) is 11.1 Å². The second kappa shape index (κ2) is 8.02. The predicted molar refractivity (Wildman–Crippen MR) is 118 cm³/mol. The first kappa shape index (κ1) is 19.3. The summed E-state index contributed by atoms with van der Waals surface area (Å²) in [6.07, 6.45) is 1.72. The molecule has 27 heavy (non-hydrogen) atoms. The molecule has 0 saturated carbocycles. The summed E-state index contributed by atoms with van der Waals surface area (Å²) in [6.45, 7) is 8.24. The summed E-state index contributed by atoms with van der Waals surface area (Å²) >= 11 is 8.74. The smallest absolute Gasteiger partial charge is 0.221 e. The zero-order valence-corrected chi connectivity index (χ0v) is 17.4. The number of hydrogen-bond donors (Lipinski definition) is 2. The summed E-state index contributed by atoms with van der Waals surface area (Å²) in [5.74, 6) is 0.0287. The van der Waals surface area contributed by atoms with Gasteiger partial charge in [0, 0.05) is 22.1 Å². The van der Waals surface area contributed by atoms with E-state index in [1.54, 1.807) is 10.6 Å². The molecular formula is C20H19BrN4OS. The second-order valence-electron chi connectivity index (χ2n) is 6.24. The Hall–Kier alpha value is -2.51. The van der Waals surface area contributed by atoms with Gasteiger partial charge in [0.2, 0.25) is 11.0 Å². The van der Waals surface area contributed by atoms with Gasteiger partial charge in [-0.1, -0.05) is 28.1 Å². The highest BCUT2D eigenvalue weighted by Crippen LogP contribution is 2.40. The maximum absolute atomic E-state index is 10.6. The molecule has 1 aromatic heterocycles. The summed E-state index contributed by atoms with van der Waals surface area (Å²) in [4.78, 5) is 0. The Labute approximate surface area is 171 Å². The van der Waals surface area contributed by atoms with Crippen LogP contribution in [0.4, 0.5) is 11.4 Å². The number of anilines is 1. The molecule has 0 aliphatic carbocycles. The maximum Gasteiger partial charge on any atom is 0.221 e. The van der Waals surface area contributed by atoms with E-state index >= 15 is 0 Å². The number of aromatic nitrogens is 1. The van der Waals surface area contributed by atoms with Crippen molar-refractivity contribution in [3.8, 4) is 5.88 Å². The van der Waals surface area contributed by atoms with Gasteiger partial charge < -0.3 is 15.0 Å². The number of fused-ring (bicyclic) bond motifs is 1. The van der Waals surface area contributed by atoms with Crippen molar-refractivity contribution in [1.29, 1.82) is 0 Å². The minimum Gasteiger partial charge on any atom is -0.493 e. The molecular weight excluding hydrogens is 424 g/mol. The van der Waals surface area contributed by atoms with Crippen molar-refractivity contribution in [2.45, 2.75) is 20.4 Å². The molecule has 0 fully saturated rings. The number of azo groups is 1. The highest BCUT2D eigenvalue weighted by molar-refractivity contribution is 9.10. The third-order valence-electron chi connectivity index (χ3n) is 4.00. The molecule has 1 heterocycles. The van der Waals surface area contributed by atoms with Crippen LogP contribution < -0.4 is 5.32 Å². The molecule has 0 aliphatic heterocycles. The van der Waals surface area contributed by atoms with Gasteiger partial charge >= 0.3 is 0 Å². The lowest BCUT2D eigenvalue weighted by molar-refractivity contribution is 0.431. The van der Waals surface area contributed by atoms with Crippen LogP contribution in [0.25, 0.3) is 10.9 Å². The normalized spacial score (nSPS) is 11.2. The molecule has 0 bridgehead atoms. The zero-order chi connectivity index (χ0) is 19.6. The van der Waals surface area contributed by atoms with Gasteiger partial charge in [0.05, 0.1) is 5.52 Å². The minimum absolute atomic E-state index is 0.0287. The molecule has 0 radical (unpaired) electrons. The average molecular weight is 443 g/mol. The first-order valence-electron chi connectivity index (χ1n) is 8.31. The number of nitrogens with zero attached hydrogens (tertiary/aromatic N) is 3. The van der Waals surface area contributed by atoms with Gasteiger partial charge in [0.25, 0.3) is 0 Å². The largest absolute Gasteiger partial charge is 0.493 e. The van der Waals surface area contributed by atoms with E-state index in [1.165, 1.54) is 0 Å². The van der Waals surface area contributed by atoms with Gasteiger partial charge in [-0.25, -0.2) is 0 Å². The number of benzene rings is 2. The molecule has 138 valence electrons. The standard InChI is InChI=1S/C20H19BrN4OS/c1-4-7-25-17-6-5-14(21)11-16(17)18(19(25)26)23-24-20(27)22-15-9-12(2)8-13(3)10-15/h4-6,8-11,26H,1,7H2,2-3H3,(H,22,27). The summed E-state index contributed by atoms with van der Waals surface area (Å²) in [5.41, 5.74) is 4.34. The fourth-order valence-electron chi connectivity index (χ4n) is 3.00. The van der Waals surface area contributed by atoms with Gasteiger partial charge in [-0.05, 0) is 67.5 Å². The van der Waals surface area contributed by atoms with Gasteiger partial charge in [-0.15, -0.1) is 16.8 Å². The number of thiocarbonyl (C=S) groups is 1. The van der Waals surface area contributed by atoms with E-state index in [1.807, 2.05) is 44.2 Å². The van der Waals surface area contributed by atoms with Crippen LogP contribution >= 0.6 is 28.1 Å². The minimum atomic E-state index is 0.0287. The molecule has 0 saturated heterocycles. The van der Waals surface area contributed by atoms with Crippen LogP contribution in [0.5, 0.6) is 5.88 Å². The van der Waals surface area contributed by atoms with E-state index < -0.39 is 0 Å². The fraction of sp³-hybridized carbons (Fsp3) is 0.150.